The van der Waals surface area contributed by atoms with Crippen LogP contribution >= 0.6 is 15.9 Å². The van der Waals surface area contributed by atoms with Crippen LogP contribution in [0.25, 0.3) is 0 Å². The van der Waals surface area contributed by atoms with E-state index >= 15 is 0 Å². The number of oxime groups is 1. The van der Waals surface area contributed by atoms with Crippen molar-refractivity contribution >= 4 is 20.6 Å². The highest BCUT2D eigenvalue weighted by molar-refractivity contribution is 9.18. The van der Waals surface area contributed by atoms with Crippen LogP contribution in [-0.2, 0) is 6.61 Å². The van der Waals surface area contributed by atoms with Gasteiger partial charge in [-0.2, -0.15) is 0 Å². The molecule has 0 saturated heterocycles. The first-order valence-electron chi connectivity index (χ1n) is 4.43. The van der Waals surface area contributed by atoms with Crippen molar-refractivity contribution in [2.24, 2.45) is 5.16 Å². The molecule has 0 radical (unpaired) electrons. The van der Waals surface area contributed by atoms with Crippen LogP contribution in [0.15, 0.2) is 15.7 Å². The van der Waals surface area contributed by atoms with E-state index in [1.807, 2.05) is 12.8 Å². The van der Waals surface area contributed by atoms with Crippen LogP contribution in [0.4, 0.5) is 0 Å². The van der Waals surface area contributed by atoms with Gasteiger partial charge in [0.1, 0.15) is 17.8 Å². The molecule has 0 aromatic carbocycles. The maximum absolute atomic E-state index is 8.42. The number of aromatic nitrogens is 1. The number of halogens is 1. The van der Waals surface area contributed by atoms with Crippen LogP contribution < -0.4 is 0 Å². The molecule has 0 spiro atoms. The monoisotopic (exact) mass is 322 g/mol. The van der Waals surface area contributed by atoms with Gasteiger partial charge >= 0.3 is 0 Å². The summed E-state index contributed by atoms with van der Waals surface area (Å²) >= 11 is 2.87. The van der Waals surface area contributed by atoms with Crippen molar-refractivity contribution < 1.29 is 19.9 Å². The predicted molar refractivity (Wildman–Crippen MR) is 73.6 cm³/mol. The zero-order valence-electron chi connectivity index (χ0n) is 9.59. The Morgan fingerprint density at radius 3 is 2.17 bits per heavy atom. The molecule has 1 aromatic heterocycles. The largest absolute Gasteiger partial charge is 0.410 e. The van der Waals surface area contributed by atoms with Crippen LogP contribution in [-0.4, -0.2) is 31.8 Å². The lowest BCUT2D eigenvalue weighted by atomic mass is 10.4. The minimum absolute atomic E-state index is 0. The molecule has 1 heterocycles. The van der Waals surface area contributed by atoms with E-state index in [9.17, 15) is 0 Å². The molecular weight excluding hydrogens is 304 g/mol. The Kier molecular flexibility index (Phi) is 19.0. The van der Waals surface area contributed by atoms with E-state index in [0.717, 1.165) is 5.69 Å². The SMILES string of the molecule is C.C#CCO.C/C(Br)=N/O.Cc1cc(CO)on1. The fraction of sp³-hybridized carbons (Fsp3) is 0.455. The number of hydrogen-bond donors (Lipinski definition) is 3. The molecule has 0 atom stereocenters. The van der Waals surface area contributed by atoms with Gasteiger partial charge in [-0.05, 0) is 29.8 Å². The van der Waals surface area contributed by atoms with Gasteiger partial charge < -0.3 is 19.9 Å². The van der Waals surface area contributed by atoms with Crippen LogP contribution in [0.5, 0.6) is 0 Å². The molecular formula is C11H19BrN2O4. The first-order valence-corrected chi connectivity index (χ1v) is 5.22. The van der Waals surface area contributed by atoms with Crippen molar-refractivity contribution in [1.82, 2.24) is 5.16 Å². The van der Waals surface area contributed by atoms with Gasteiger partial charge in [-0.15, -0.1) is 6.42 Å². The summed E-state index contributed by atoms with van der Waals surface area (Å²) in [5, 5.41) is 30.0. The number of aliphatic hydroxyl groups is 2. The molecule has 18 heavy (non-hydrogen) atoms. The molecule has 0 fully saturated rings. The Bertz CT molecular complexity index is 354. The zero-order valence-corrected chi connectivity index (χ0v) is 11.2. The number of hydrogen-bond acceptors (Lipinski definition) is 6. The maximum atomic E-state index is 8.42. The van der Waals surface area contributed by atoms with Crippen molar-refractivity contribution in [3.63, 3.8) is 0 Å². The first kappa shape index (κ1) is 21.9. The number of aryl methyl sites for hydroxylation is 1. The van der Waals surface area contributed by atoms with Crippen molar-refractivity contribution in [3.05, 3.63) is 17.5 Å². The summed E-state index contributed by atoms with van der Waals surface area (Å²) in [7, 11) is 0. The topological polar surface area (TPSA) is 99.1 Å². The second kappa shape index (κ2) is 15.6. The molecule has 0 amide bonds. The highest BCUT2D eigenvalue weighted by Crippen LogP contribution is 1.99. The van der Waals surface area contributed by atoms with Gasteiger partial charge in [-0.1, -0.05) is 23.7 Å². The van der Waals surface area contributed by atoms with Crippen LogP contribution in [0, 0.1) is 19.3 Å². The smallest absolute Gasteiger partial charge is 0.162 e. The third-order valence-corrected chi connectivity index (χ3v) is 1.22. The van der Waals surface area contributed by atoms with Gasteiger partial charge in [0.05, 0.1) is 5.69 Å². The molecule has 0 unspecified atom stereocenters. The van der Waals surface area contributed by atoms with Gasteiger partial charge in [0.25, 0.3) is 0 Å². The first-order chi connectivity index (χ1) is 8.01. The summed E-state index contributed by atoms with van der Waals surface area (Å²) in [6.07, 6.45) is 4.53. The summed E-state index contributed by atoms with van der Waals surface area (Å²) in [4.78, 5) is 0. The third-order valence-electron chi connectivity index (χ3n) is 1.06. The highest BCUT2D eigenvalue weighted by Gasteiger charge is 1.94. The summed E-state index contributed by atoms with van der Waals surface area (Å²) < 4.78 is 5.11. The Morgan fingerprint density at radius 1 is 1.61 bits per heavy atom. The molecule has 0 aliphatic rings. The van der Waals surface area contributed by atoms with E-state index in [1.54, 1.807) is 13.0 Å². The summed E-state index contributed by atoms with van der Waals surface area (Å²) in [6.45, 7) is 3.23. The Labute approximate surface area is 115 Å². The minimum atomic E-state index is -0.153. The third kappa shape index (κ3) is 17.0. The van der Waals surface area contributed by atoms with Crippen LogP contribution in [0.2, 0.25) is 0 Å². The fourth-order valence-corrected chi connectivity index (χ4v) is 0.491. The van der Waals surface area contributed by atoms with E-state index in [4.69, 9.17) is 15.4 Å². The molecule has 0 aliphatic carbocycles. The molecule has 3 N–H and O–H groups in total. The Balaban J connectivity index is -0.000000198. The summed E-state index contributed by atoms with van der Waals surface area (Å²) in [5.74, 6) is 2.50. The van der Waals surface area contributed by atoms with E-state index < -0.39 is 0 Å². The number of aliphatic hydroxyl groups excluding tert-OH is 2. The van der Waals surface area contributed by atoms with Crippen LogP contribution in [0.1, 0.15) is 25.8 Å². The van der Waals surface area contributed by atoms with E-state index in [2.05, 4.69) is 37.2 Å². The molecule has 0 saturated carbocycles. The quantitative estimate of drug-likeness (QED) is 0.317. The van der Waals surface area contributed by atoms with E-state index in [0.29, 0.717) is 10.4 Å². The lowest BCUT2D eigenvalue weighted by molar-refractivity contribution is 0.228. The molecule has 104 valence electrons. The van der Waals surface area contributed by atoms with E-state index in [-0.39, 0.29) is 20.6 Å². The maximum Gasteiger partial charge on any atom is 0.162 e. The minimum Gasteiger partial charge on any atom is -0.410 e. The second-order valence-electron chi connectivity index (χ2n) is 2.55. The average Bonchev–Trinajstić information content (AvgIpc) is 2.76. The number of rotatable bonds is 1. The normalized spacial score (nSPS) is 8.78. The Morgan fingerprint density at radius 2 is 2.06 bits per heavy atom. The highest BCUT2D eigenvalue weighted by atomic mass is 79.9. The average molecular weight is 323 g/mol. The van der Waals surface area contributed by atoms with Crippen molar-refractivity contribution in [1.29, 1.82) is 0 Å². The van der Waals surface area contributed by atoms with Gasteiger partial charge in [-0.3, -0.25) is 0 Å². The molecule has 1 aromatic rings. The molecule has 6 nitrogen and oxygen atoms in total. The molecule has 1 rings (SSSR count). The fourth-order valence-electron chi connectivity index (χ4n) is 0.491. The van der Waals surface area contributed by atoms with Gasteiger partial charge in [-0.25, -0.2) is 0 Å². The second-order valence-corrected chi connectivity index (χ2v) is 3.70. The van der Waals surface area contributed by atoms with Crippen molar-refractivity contribution in [2.75, 3.05) is 6.61 Å². The van der Waals surface area contributed by atoms with Gasteiger partial charge in [0.2, 0.25) is 0 Å². The van der Waals surface area contributed by atoms with Crippen LogP contribution in [0.3, 0.4) is 0 Å². The zero-order chi connectivity index (χ0) is 13.7. The molecule has 0 bridgehead atoms. The molecule has 0 aliphatic heterocycles. The molecule has 7 heteroatoms. The van der Waals surface area contributed by atoms with Crippen molar-refractivity contribution in [2.45, 2.75) is 27.9 Å². The number of nitrogens with zero attached hydrogens (tertiary/aromatic N) is 2. The summed E-state index contributed by atoms with van der Waals surface area (Å²) in [6, 6.07) is 1.69. The lowest BCUT2D eigenvalue weighted by Gasteiger charge is -1.76. The van der Waals surface area contributed by atoms with E-state index in [1.165, 1.54) is 0 Å². The Hall–Kier alpha value is -1.36. The summed E-state index contributed by atoms with van der Waals surface area (Å²) in [5.41, 5.74) is 0.800. The van der Waals surface area contributed by atoms with Gasteiger partial charge in [0, 0.05) is 6.07 Å². The predicted octanol–water partition coefficient (Wildman–Crippen LogP) is 1.91. The van der Waals surface area contributed by atoms with Gasteiger partial charge in [0.15, 0.2) is 5.76 Å². The lowest BCUT2D eigenvalue weighted by Crippen LogP contribution is -1.73. The standard InChI is InChI=1S/C5H7NO2.C3H4O.C2H4BrNO.CH4/c1-4-2-5(3-7)8-6-4;1-2-3-4;1-2(3)4-5;/h2,7H,3H2,1H3;1,4H,3H2;5H,1H3;1H4/b;;4-2-;. The van der Waals surface area contributed by atoms with Crippen molar-refractivity contribution in [3.8, 4) is 12.3 Å². The number of terminal acetylenes is 1.